The molecule has 0 aromatic heterocycles. The van der Waals surface area contributed by atoms with Crippen LogP contribution in [-0.2, 0) is 0 Å². The van der Waals surface area contributed by atoms with Crippen LogP contribution in [0, 0.1) is 5.82 Å². The average Bonchev–Trinajstić information content (AvgIpc) is 2.69. The molecule has 0 amide bonds. The lowest BCUT2D eigenvalue weighted by molar-refractivity contribution is 0.159. The highest BCUT2D eigenvalue weighted by Gasteiger charge is 2.26. The van der Waals surface area contributed by atoms with Gasteiger partial charge in [-0.2, -0.15) is 0 Å². The number of piperazine rings is 1. The maximum Gasteiger partial charge on any atom is 0.123 e. The van der Waals surface area contributed by atoms with Crippen molar-refractivity contribution in [2.24, 2.45) is 0 Å². The Morgan fingerprint density at radius 3 is 2.52 bits per heavy atom. The number of benzene rings is 2. The van der Waals surface area contributed by atoms with E-state index < -0.39 is 0 Å². The number of nitrogens with zero attached hydrogens (tertiary/aromatic N) is 2. The van der Waals surface area contributed by atoms with Crippen LogP contribution >= 0.6 is 11.8 Å². The van der Waals surface area contributed by atoms with Crippen molar-refractivity contribution in [1.82, 2.24) is 4.90 Å². The van der Waals surface area contributed by atoms with Crippen molar-refractivity contribution in [3.8, 4) is 0 Å². The molecule has 3 nitrogen and oxygen atoms in total. The molecule has 2 heterocycles. The molecule has 2 aromatic rings. The van der Waals surface area contributed by atoms with E-state index in [1.54, 1.807) is 0 Å². The van der Waals surface area contributed by atoms with Crippen molar-refractivity contribution in [3.63, 3.8) is 0 Å². The number of halogens is 1. The molecule has 2 aliphatic heterocycles. The fraction of sp³-hybridized carbons (Fsp3) is 0.455. The molecular weight excluding hydrogens is 359 g/mol. The van der Waals surface area contributed by atoms with Gasteiger partial charge in [0.1, 0.15) is 5.82 Å². The van der Waals surface area contributed by atoms with Gasteiger partial charge < -0.3 is 10.0 Å². The number of thioether (sulfide) groups is 1. The molecule has 2 aromatic carbocycles. The zero-order valence-corrected chi connectivity index (χ0v) is 16.4. The second-order valence-corrected chi connectivity index (χ2v) is 8.82. The molecule has 2 unspecified atom stereocenters. The first kappa shape index (κ1) is 18.8. The minimum atomic E-state index is -0.313. The Morgan fingerprint density at radius 2 is 1.74 bits per heavy atom. The van der Waals surface area contributed by atoms with Gasteiger partial charge in [-0.15, -0.1) is 11.8 Å². The van der Waals surface area contributed by atoms with Crippen LogP contribution in [0.25, 0.3) is 0 Å². The van der Waals surface area contributed by atoms with Crippen LogP contribution in [0.2, 0.25) is 0 Å². The summed E-state index contributed by atoms with van der Waals surface area (Å²) in [5, 5.41) is 10.9. The third kappa shape index (κ3) is 4.65. The molecule has 0 bridgehead atoms. The van der Waals surface area contributed by atoms with E-state index in [-0.39, 0.29) is 11.9 Å². The van der Waals surface area contributed by atoms with Crippen LogP contribution in [0.4, 0.5) is 10.1 Å². The summed E-state index contributed by atoms with van der Waals surface area (Å²) >= 11 is 1.93. The standard InChI is InChI=1S/C22H27FN2OS/c23-17-7-9-18(10-8-17)25-14-12-24(13-15-25)11-3-4-19-16-21(26)20-5-1-2-6-22(20)27-19/h1-2,5-10,19,21,26H,3-4,11-16H2. The first-order valence-electron chi connectivity index (χ1n) is 9.85. The lowest BCUT2D eigenvalue weighted by atomic mass is 10.0. The number of hydrogen-bond donors (Lipinski definition) is 1. The van der Waals surface area contributed by atoms with Crippen molar-refractivity contribution in [3.05, 3.63) is 59.9 Å². The lowest BCUT2D eigenvalue weighted by Gasteiger charge is -2.36. The van der Waals surface area contributed by atoms with Gasteiger partial charge >= 0.3 is 0 Å². The van der Waals surface area contributed by atoms with Crippen LogP contribution in [0.15, 0.2) is 53.4 Å². The molecule has 1 N–H and O–H groups in total. The first-order valence-corrected chi connectivity index (χ1v) is 10.7. The molecule has 2 atom stereocenters. The Hall–Kier alpha value is -1.56. The van der Waals surface area contributed by atoms with Gasteiger partial charge in [-0.05, 0) is 61.7 Å². The van der Waals surface area contributed by atoms with Crippen LogP contribution in [0.5, 0.6) is 0 Å². The molecule has 4 rings (SSSR count). The monoisotopic (exact) mass is 386 g/mol. The van der Waals surface area contributed by atoms with E-state index in [1.165, 1.54) is 23.4 Å². The number of aliphatic hydroxyl groups excluding tert-OH is 1. The summed E-state index contributed by atoms with van der Waals surface area (Å²) in [7, 11) is 0. The molecule has 144 valence electrons. The van der Waals surface area contributed by atoms with E-state index in [1.807, 2.05) is 36.0 Å². The average molecular weight is 387 g/mol. The number of fused-ring (bicyclic) bond motifs is 1. The van der Waals surface area contributed by atoms with E-state index in [0.717, 1.165) is 56.8 Å². The van der Waals surface area contributed by atoms with Crippen LogP contribution in [0.1, 0.15) is 30.9 Å². The second-order valence-electron chi connectivity index (χ2n) is 7.48. The summed E-state index contributed by atoms with van der Waals surface area (Å²) in [6, 6.07) is 15.1. The summed E-state index contributed by atoms with van der Waals surface area (Å²) in [5.74, 6) is -0.175. The molecule has 1 fully saturated rings. The van der Waals surface area contributed by atoms with E-state index in [0.29, 0.717) is 5.25 Å². The Bertz CT molecular complexity index is 746. The summed E-state index contributed by atoms with van der Waals surface area (Å²) < 4.78 is 13.1. The highest BCUT2D eigenvalue weighted by atomic mass is 32.2. The third-order valence-corrected chi connectivity index (χ3v) is 7.01. The zero-order chi connectivity index (χ0) is 18.6. The van der Waals surface area contributed by atoms with Gasteiger partial charge in [-0.3, -0.25) is 4.90 Å². The normalized spacial score (nSPS) is 23.3. The fourth-order valence-corrected chi connectivity index (χ4v) is 5.49. The van der Waals surface area contributed by atoms with Gasteiger partial charge in [0.15, 0.2) is 0 Å². The minimum absolute atomic E-state index is 0.175. The predicted octanol–water partition coefficient (Wildman–Crippen LogP) is 4.33. The molecule has 0 aliphatic carbocycles. The van der Waals surface area contributed by atoms with Crippen molar-refractivity contribution in [2.45, 2.75) is 35.5 Å². The third-order valence-electron chi connectivity index (χ3n) is 5.62. The zero-order valence-electron chi connectivity index (χ0n) is 15.6. The Labute approximate surface area is 165 Å². The van der Waals surface area contributed by atoms with Crippen molar-refractivity contribution < 1.29 is 9.50 Å². The van der Waals surface area contributed by atoms with Crippen LogP contribution < -0.4 is 4.90 Å². The van der Waals surface area contributed by atoms with Crippen LogP contribution in [0.3, 0.4) is 0 Å². The Morgan fingerprint density at radius 1 is 1.00 bits per heavy atom. The van der Waals surface area contributed by atoms with Crippen LogP contribution in [-0.4, -0.2) is 48.0 Å². The lowest BCUT2D eigenvalue weighted by Crippen LogP contribution is -2.46. The van der Waals surface area contributed by atoms with Crippen molar-refractivity contribution in [2.75, 3.05) is 37.6 Å². The summed E-state index contributed by atoms with van der Waals surface area (Å²) in [6.07, 6.45) is 2.86. The van der Waals surface area contributed by atoms with Gasteiger partial charge in [0.2, 0.25) is 0 Å². The van der Waals surface area contributed by atoms with E-state index in [9.17, 15) is 9.50 Å². The molecular formula is C22H27FN2OS. The van der Waals surface area contributed by atoms with E-state index in [4.69, 9.17) is 0 Å². The number of rotatable bonds is 5. The maximum atomic E-state index is 13.1. The summed E-state index contributed by atoms with van der Waals surface area (Å²) in [6.45, 7) is 5.22. The van der Waals surface area contributed by atoms with Gasteiger partial charge in [-0.1, -0.05) is 18.2 Å². The molecule has 0 saturated carbocycles. The quantitative estimate of drug-likeness (QED) is 0.828. The van der Waals surface area contributed by atoms with E-state index in [2.05, 4.69) is 21.9 Å². The Kier molecular flexibility index (Phi) is 6.01. The fourth-order valence-electron chi connectivity index (χ4n) is 4.07. The molecule has 1 saturated heterocycles. The number of aliphatic hydroxyl groups is 1. The highest BCUT2D eigenvalue weighted by Crippen LogP contribution is 2.42. The minimum Gasteiger partial charge on any atom is -0.388 e. The molecule has 0 spiro atoms. The molecule has 2 aliphatic rings. The largest absolute Gasteiger partial charge is 0.388 e. The van der Waals surface area contributed by atoms with E-state index >= 15 is 0 Å². The van der Waals surface area contributed by atoms with Gasteiger partial charge in [0, 0.05) is 42.0 Å². The van der Waals surface area contributed by atoms with Crippen molar-refractivity contribution >= 4 is 17.4 Å². The van der Waals surface area contributed by atoms with Gasteiger partial charge in [0.25, 0.3) is 0 Å². The first-order chi connectivity index (χ1) is 13.2. The maximum absolute atomic E-state index is 13.1. The predicted molar refractivity (Wildman–Crippen MR) is 110 cm³/mol. The Balaban J connectivity index is 1.20. The highest BCUT2D eigenvalue weighted by molar-refractivity contribution is 8.00. The smallest absolute Gasteiger partial charge is 0.123 e. The van der Waals surface area contributed by atoms with Crippen molar-refractivity contribution in [1.29, 1.82) is 0 Å². The second kappa shape index (κ2) is 8.63. The topological polar surface area (TPSA) is 26.7 Å². The number of hydrogen-bond acceptors (Lipinski definition) is 4. The van der Waals surface area contributed by atoms with Gasteiger partial charge in [0.05, 0.1) is 6.10 Å². The summed E-state index contributed by atoms with van der Waals surface area (Å²) in [5.41, 5.74) is 2.21. The summed E-state index contributed by atoms with van der Waals surface area (Å²) in [4.78, 5) is 6.10. The SMILES string of the molecule is OC1CC(CCCN2CCN(c3ccc(F)cc3)CC2)Sc2ccccc21. The molecule has 5 heteroatoms. The molecule has 0 radical (unpaired) electrons. The molecule has 27 heavy (non-hydrogen) atoms. The van der Waals surface area contributed by atoms with Gasteiger partial charge in [-0.25, -0.2) is 4.39 Å². The number of anilines is 1.